The van der Waals surface area contributed by atoms with Crippen LogP contribution in [0.25, 0.3) is 0 Å². The lowest BCUT2D eigenvalue weighted by molar-refractivity contribution is 0.100. The number of benzene rings is 1. The highest BCUT2D eigenvalue weighted by Crippen LogP contribution is 2.27. The van der Waals surface area contributed by atoms with Gasteiger partial charge in [0.1, 0.15) is 12.4 Å². The van der Waals surface area contributed by atoms with Crippen LogP contribution in [0.5, 0.6) is 5.75 Å². The Balaban J connectivity index is 1.99. The van der Waals surface area contributed by atoms with Crippen LogP contribution in [0.1, 0.15) is 48.9 Å². The highest BCUT2D eigenvalue weighted by Gasteiger charge is 2.27. The van der Waals surface area contributed by atoms with Crippen molar-refractivity contribution in [2.24, 2.45) is 11.5 Å². The first-order chi connectivity index (χ1) is 9.50. The molecular weight excluding hydrogens is 276 g/mol. The van der Waals surface area contributed by atoms with Crippen LogP contribution in [-0.4, -0.2) is 18.1 Å². The molecule has 1 aliphatic rings. The number of ether oxygens (including phenoxy) is 1. The van der Waals surface area contributed by atoms with Gasteiger partial charge < -0.3 is 16.2 Å². The second-order valence-corrected chi connectivity index (χ2v) is 5.98. The van der Waals surface area contributed by atoms with Crippen molar-refractivity contribution in [2.75, 3.05) is 6.61 Å². The average molecular weight is 297 g/mol. The Morgan fingerprint density at radius 2 is 1.90 bits per heavy atom. The Labute approximate surface area is 124 Å². The number of hydrogen-bond acceptors (Lipinski definition) is 3. The van der Waals surface area contributed by atoms with Crippen LogP contribution in [-0.2, 0) is 0 Å². The molecule has 1 saturated carbocycles. The maximum atomic E-state index is 11.1. The van der Waals surface area contributed by atoms with Crippen molar-refractivity contribution in [2.45, 2.75) is 44.1 Å². The van der Waals surface area contributed by atoms with Gasteiger partial charge in [-0.15, -0.1) is 0 Å². The minimum atomic E-state index is -0.541. The first kappa shape index (κ1) is 15.1. The summed E-state index contributed by atoms with van der Waals surface area (Å²) >= 11 is 5.99. The molecule has 1 fully saturated rings. The van der Waals surface area contributed by atoms with Crippen LogP contribution >= 0.6 is 11.6 Å². The highest BCUT2D eigenvalue weighted by molar-refractivity contribution is 6.33. The van der Waals surface area contributed by atoms with Crippen molar-refractivity contribution in [1.82, 2.24) is 0 Å². The summed E-state index contributed by atoms with van der Waals surface area (Å²) in [6, 6.07) is 4.89. The van der Waals surface area contributed by atoms with Crippen molar-refractivity contribution >= 4 is 17.5 Å². The van der Waals surface area contributed by atoms with E-state index in [0.29, 0.717) is 22.9 Å². The van der Waals surface area contributed by atoms with E-state index in [1.165, 1.54) is 12.8 Å². The average Bonchev–Trinajstić information content (AvgIpc) is 2.61. The third kappa shape index (κ3) is 3.87. The molecule has 20 heavy (non-hydrogen) atoms. The van der Waals surface area contributed by atoms with Gasteiger partial charge in [0.05, 0.1) is 16.1 Å². The third-order valence-corrected chi connectivity index (χ3v) is 4.14. The summed E-state index contributed by atoms with van der Waals surface area (Å²) in [5.74, 6) is 0.0784. The van der Waals surface area contributed by atoms with Crippen LogP contribution in [0.15, 0.2) is 18.2 Å². The number of nitrogens with two attached hydrogens (primary N) is 2. The van der Waals surface area contributed by atoms with E-state index in [2.05, 4.69) is 0 Å². The number of amides is 1. The van der Waals surface area contributed by atoms with E-state index in [1.54, 1.807) is 18.2 Å². The quantitative estimate of drug-likeness (QED) is 0.839. The summed E-state index contributed by atoms with van der Waals surface area (Å²) in [7, 11) is 0. The first-order valence-corrected chi connectivity index (χ1v) is 7.39. The number of carbonyl (C=O) groups excluding carboxylic acids is 1. The highest BCUT2D eigenvalue weighted by atomic mass is 35.5. The first-order valence-electron chi connectivity index (χ1n) is 7.01. The topological polar surface area (TPSA) is 78.3 Å². The van der Waals surface area contributed by atoms with Gasteiger partial charge in [-0.05, 0) is 31.0 Å². The summed E-state index contributed by atoms with van der Waals surface area (Å²) in [5.41, 5.74) is 11.6. The fraction of sp³-hybridized carbons (Fsp3) is 0.533. The summed E-state index contributed by atoms with van der Waals surface area (Å²) in [4.78, 5) is 11.1. The third-order valence-electron chi connectivity index (χ3n) is 3.83. The molecular formula is C15H21ClN2O2. The minimum Gasteiger partial charge on any atom is -0.492 e. The number of halogens is 1. The predicted octanol–water partition coefficient (Wildman–Crippen LogP) is 2.87. The number of rotatable bonds is 4. The molecule has 1 aromatic rings. The van der Waals surface area contributed by atoms with Crippen LogP contribution < -0.4 is 16.2 Å². The fourth-order valence-electron chi connectivity index (χ4n) is 2.59. The molecule has 5 heteroatoms. The summed E-state index contributed by atoms with van der Waals surface area (Å²) in [6.45, 7) is 0.471. The van der Waals surface area contributed by atoms with E-state index in [4.69, 9.17) is 27.8 Å². The zero-order valence-electron chi connectivity index (χ0n) is 11.5. The normalized spacial score (nSPS) is 18.3. The van der Waals surface area contributed by atoms with Crippen molar-refractivity contribution in [3.8, 4) is 5.75 Å². The number of hydrogen-bond donors (Lipinski definition) is 2. The van der Waals surface area contributed by atoms with E-state index < -0.39 is 5.91 Å². The van der Waals surface area contributed by atoms with E-state index in [0.717, 1.165) is 25.7 Å². The van der Waals surface area contributed by atoms with Crippen LogP contribution in [0.3, 0.4) is 0 Å². The summed E-state index contributed by atoms with van der Waals surface area (Å²) < 4.78 is 5.76. The van der Waals surface area contributed by atoms with Gasteiger partial charge in [0.15, 0.2) is 0 Å². The molecule has 0 unspecified atom stereocenters. The molecule has 2 rings (SSSR count). The lowest BCUT2D eigenvalue weighted by atomic mass is 9.92. The molecule has 0 atom stereocenters. The fourth-order valence-corrected chi connectivity index (χ4v) is 2.85. The number of primary amides is 1. The molecule has 0 aliphatic heterocycles. The zero-order chi connectivity index (χ0) is 14.6. The monoisotopic (exact) mass is 296 g/mol. The summed E-state index contributed by atoms with van der Waals surface area (Å²) in [6.07, 6.45) is 6.78. The molecule has 0 spiro atoms. The Morgan fingerprint density at radius 1 is 1.25 bits per heavy atom. The molecule has 0 aromatic heterocycles. The number of carbonyl (C=O) groups is 1. The molecule has 4 nitrogen and oxygen atoms in total. The van der Waals surface area contributed by atoms with Crippen molar-refractivity contribution in [3.63, 3.8) is 0 Å². The van der Waals surface area contributed by atoms with Crippen molar-refractivity contribution in [1.29, 1.82) is 0 Å². The Morgan fingerprint density at radius 3 is 2.45 bits per heavy atom. The smallest absolute Gasteiger partial charge is 0.250 e. The maximum Gasteiger partial charge on any atom is 0.250 e. The van der Waals surface area contributed by atoms with Gasteiger partial charge in [0, 0.05) is 0 Å². The van der Waals surface area contributed by atoms with Crippen molar-refractivity contribution < 1.29 is 9.53 Å². The van der Waals surface area contributed by atoms with Crippen LogP contribution in [0.2, 0.25) is 5.02 Å². The lowest BCUT2D eigenvalue weighted by Crippen LogP contribution is -2.45. The SMILES string of the molecule is NC(=O)c1ccc(OCC2(N)CCCCCC2)cc1Cl. The maximum absolute atomic E-state index is 11.1. The second-order valence-electron chi connectivity index (χ2n) is 5.57. The zero-order valence-corrected chi connectivity index (χ0v) is 12.3. The van der Waals surface area contributed by atoms with Gasteiger partial charge in [-0.3, -0.25) is 4.79 Å². The standard InChI is InChI=1S/C15H21ClN2O2/c16-13-9-11(5-6-12(13)14(17)19)20-10-15(18)7-3-1-2-4-8-15/h5-6,9H,1-4,7-8,10,18H2,(H2,17,19). The molecule has 1 amide bonds. The van der Waals surface area contributed by atoms with Crippen LogP contribution in [0, 0.1) is 0 Å². The predicted molar refractivity (Wildman–Crippen MR) is 80.1 cm³/mol. The molecule has 0 heterocycles. The van der Waals surface area contributed by atoms with Gasteiger partial charge in [0.2, 0.25) is 5.91 Å². The van der Waals surface area contributed by atoms with E-state index >= 15 is 0 Å². The molecule has 0 bridgehead atoms. The summed E-state index contributed by atoms with van der Waals surface area (Å²) in [5, 5.41) is 0.307. The molecule has 0 radical (unpaired) electrons. The van der Waals surface area contributed by atoms with Gasteiger partial charge in [-0.2, -0.15) is 0 Å². The largest absolute Gasteiger partial charge is 0.492 e. The molecule has 1 aliphatic carbocycles. The van der Waals surface area contributed by atoms with Gasteiger partial charge in [-0.1, -0.05) is 37.3 Å². The Bertz CT molecular complexity index is 483. The lowest BCUT2D eigenvalue weighted by Gasteiger charge is -2.28. The Hall–Kier alpha value is -1.26. The van der Waals surface area contributed by atoms with Crippen LogP contribution in [0.4, 0.5) is 0 Å². The van der Waals surface area contributed by atoms with E-state index in [1.807, 2.05) is 0 Å². The van der Waals surface area contributed by atoms with Gasteiger partial charge >= 0.3 is 0 Å². The molecule has 1 aromatic carbocycles. The van der Waals surface area contributed by atoms with Gasteiger partial charge in [-0.25, -0.2) is 0 Å². The molecule has 4 N–H and O–H groups in total. The van der Waals surface area contributed by atoms with E-state index in [-0.39, 0.29) is 5.54 Å². The Kier molecular flexibility index (Phi) is 4.89. The molecule has 110 valence electrons. The van der Waals surface area contributed by atoms with E-state index in [9.17, 15) is 4.79 Å². The van der Waals surface area contributed by atoms with Gasteiger partial charge in [0.25, 0.3) is 0 Å². The second kappa shape index (κ2) is 6.46. The van der Waals surface area contributed by atoms with Crippen molar-refractivity contribution in [3.05, 3.63) is 28.8 Å². The minimum absolute atomic E-state index is 0.259. The molecule has 0 saturated heterocycles.